The van der Waals surface area contributed by atoms with Crippen molar-refractivity contribution in [2.24, 2.45) is 5.92 Å². The van der Waals surface area contributed by atoms with Crippen LogP contribution >= 0.6 is 0 Å². The molecular formula is C28H27NO6S. The van der Waals surface area contributed by atoms with Crippen LogP contribution in [0.3, 0.4) is 0 Å². The van der Waals surface area contributed by atoms with Crippen LogP contribution in [0.4, 0.5) is 4.79 Å². The quantitative estimate of drug-likeness (QED) is 0.494. The van der Waals surface area contributed by atoms with Gasteiger partial charge in [0.25, 0.3) is 10.9 Å². The first-order valence-corrected chi connectivity index (χ1v) is 13.1. The van der Waals surface area contributed by atoms with Gasteiger partial charge in [-0.15, -0.1) is 0 Å². The third-order valence-electron chi connectivity index (χ3n) is 8.27. The molecule has 6 rings (SSSR count). The monoisotopic (exact) mass is 507 g/mol. The van der Waals surface area contributed by atoms with Gasteiger partial charge in [-0.1, -0.05) is 60.7 Å². The molecule has 3 aromatic rings. The third-order valence-corrected chi connectivity index (χ3v) is 8.59. The number of rotatable bonds is 4. The van der Waals surface area contributed by atoms with Crippen molar-refractivity contribution in [2.75, 3.05) is 13.2 Å². The first-order valence-electron chi connectivity index (χ1n) is 12.5. The van der Waals surface area contributed by atoms with Crippen molar-refractivity contribution in [1.82, 2.24) is 4.90 Å². The van der Waals surface area contributed by atoms with E-state index in [0.717, 1.165) is 27.8 Å². The highest BCUT2D eigenvalue weighted by molar-refractivity contribution is 7.67. The van der Waals surface area contributed by atoms with E-state index in [4.69, 9.17) is 10.0 Å². The van der Waals surface area contributed by atoms with Crippen LogP contribution in [0.5, 0.6) is 5.75 Å². The molecule has 8 heteroatoms. The lowest BCUT2D eigenvalue weighted by molar-refractivity contribution is -0.0713. The molecule has 36 heavy (non-hydrogen) atoms. The summed E-state index contributed by atoms with van der Waals surface area (Å²) in [4.78, 5) is 14.1. The number of thiol groups is 1. The lowest BCUT2D eigenvalue weighted by Gasteiger charge is -2.47. The van der Waals surface area contributed by atoms with E-state index in [0.29, 0.717) is 31.6 Å². The van der Waals surface area contributed by atoms with Crippen molar-refractivity contribution in [3.63, 3.8) is 0 Å². The van der Waals surface area contributed by atoms with Gasteiger partial charge >= 0.3 is 6.09 Å². The molecule has 1 saturated heterocycles. The fraction of sp³-hybridized carbons (Fsp3) is 0.321. The van der Waals surface area contributed by atoms with Gasteiger partial charge < -0.3 is 14.0 Å². The fourth-order valence-corrected chi connectivity index (χ4v) is 7.15. The van der Waals surface area contributed by atoms with E-state index in [1.807, 2.05) is 37.3 Å². The Balaban J connectivity index is 1.55. The van der Waals surface area contributed by atoms with Gasteiger partial charge in [-0.2, -0.15) is 8.42 Å². The summed E-state index contributed by atoms with van der Waals surface area (Å²) in [6, 6.07) is 21.6. The molecule has 0 bridgehead atoms. The SMILES string of the molecule is [3H]S(=O)(=O)Oc1cccc2c1[C@H]([C@]1(C)C(C3c4ccccc4-c4ccccc43)CCN1C(=O)O)OCC2. The van der Waals surface area contributed by atoms with Gasteiger partial charge in [0, 0.05) is 18.0 Å². The molecule has 7 nitrogen and oxygen atoms in total. The standard InChI is InChI=1S/C28H27NO6S/c1-28(26-24-17(14-16-34-26)7-6-12-23(24)35-36(32)33)22(13-15-29(28)27(30)31)25-20-10-4-2-8-18(20)19-9-3-5-11-21(19)25/h2-12,22,25-26,36H,13-16H2,1H3,(H,30,31)/t22?,26-,28+/m1/s1/i36T. The van der Waals surface area contributed by atoms with Gasteiger partial charge in [0.1, 0.15) is 11.9 Å². The number of fused-ring (bicyclic) bond motifs is 4. The number of amides is 1. The van der Waals surface area contributed by atoms with E-state index >= 15 is 0 Å². The maximum absolute atomic E-state index is 12.7. The van der Waals surface area contributed by atoms with Crippen LogP contribution in [0.2, 0.25) is 0 Å². The predicted molar refractivity (Wildman–Crippen MR) is 135 cm³/mol. The fourth-order valence-electron chi connectivity index (χ4n) is 6.85. The van der Waals surface area contributed by atoms with Gasteiger partial charge in [-0.25, -0.2) is 4.79 Å². The van der Waals surface area contributed by atoms with E-state index in [1.165, 1.54) is 11.0 Å². The third kappa shape index (κ3) is 3.35. The van der Waals surface area contributed by atoms with Crippen molar-refractivity contribution >= 4 is 17.0 Å². The molecule has 0 aromatic heterocycles. The Labute approximate surface area is 212 Å². The largest absolute Gasteiger partial charge is 0.465 e. The summed E-state index contributed by atoms with van der Waals surface area (Å²) in [7, 11) is -4.55. The minimum atomic E-state index is -4.55. The smallest absolute Gasteiger partial charge is 0.407 e. The van der Waals surface area contributed by atoms with Gasteiger partial charge in [0.05, 0.1) is 12.1 Å². The lowest BCUT2D eigenvalue weighted by Crippen LogP contribution is -2.55. The molecule has 186 valence electrons. The van der Waals surface area contributed by atoms with Gasteiger partial charge in [-0.05, 0) is 59.6 Å². The second-order valence-electron chi connectivity index (χ2n) is 9.82. The molecule has 0 radical (unpaired) electrons. The normalized spacial score (nSPS) is 25.6. The van der Waals surface area contributed by atoms with Crippen molar-refractivity contribution in [1.29, 1.82) is 1.12 Å². The van der Waals surface area contributed by atoms with Crippen LogP contribution in [-0.4, -0.2) is 44.3 Å². The van der Waals surface area contributed by atoms with E-state index in [9.17, 15) is 18.3 Å². The topological polar surface area (TPSA) is 93.1 Å². The first kappa shape index (κ1) is 21.9. The number of nitrogens with zero attached hydrogens (tertiary/aromatic N) is 1. The van der Waals surface area contributed by atoms with Crippen LogP contribution in [-0.2, 0) is 22.0 Å². The van der Waals surface area contributed by atoms with Gasteiger partial charge in [-0.3, -0.25) is 4.90 Å². The molecule has 1 amide bonds. The van der Waals surface area contributed by atoms with E-state index < -0.39 is 28.6 Å². The molecule has 0 spiro atoms. The predicted octanol–water partition coefficient (Wildman–Crippen LogP) is 4.78. The zero-order chi connectivity index (χ0) is 25.9. The average molecular weight is 508 g/mol. The van der Waals surface area contributed by atoms with Crippen LogP contribution < -0.4 is 4.18 Å². The molecule has 3 aromatic carbocycles. The summed E-state index contributed by atoms with van der Waals surface area (Å²) in [6.07, 6.45) is -0.681. The van der Waals surface area contributed by atoms with Crippen LogP contribution in [0, 0.1) is 5.92 Å². The van der Waals surface area contributed by atoms with Crippen molar-refractivity contribution in [3.05, 3.63) is 89.0 Å². The van der Waals surface area contributed by atoms with Gasteiger partial charge in [0.2, 0.25) is 1.12 Å². The zero-order valence-corrected chi connectivity index (χ0v) is 20.6. The van der Waals surface area contributed by atoms with E-state index in [1.54, 1.807) is 6.07 Å². The lowest BCUT2D eigenvalue weighted by atomic mass is 9.68. The molecule has 3 aliphatic rings. The van der Waals surface area contributed by atoms with E-state index in [-0.39, 0.29) is 17.6 Å². The van der Waals surface area contributed by atoms with Crippen molar-refractivity contribution < 1.29 is 27.2 Å². The molecule has 0 saturated carbocycles. The molecule has 1 fully saturated rings. The number of likely N-dealkylation sites (tertiary alicyclic amines) is 1. The Hall–Kier alpha value is -3.36. The summed E-state index contributed by atoms with van der Waals surface area (Å²) in [6.45, 7) is 2.60. The van der Waals surface area contributed by atoms with Gasteiger partial charge in [0.15, 0.2) is 0 Å². The molecule has 2 aliphatic heterocycles. The summed E-state index contributed by atoms with van der Waals surface area (Å²) in [5.41, 5.74) is 4.90. The molecule has 2 heterocycles. The van der Waals surface area contributed by atoms with Crippen LogP contribution in [0.1, 0.15) is 47.6 Å². The molecule has 1 aliphatic carbocycles. The highest BCUT2D eigenvalue weighted by atomic mass is 32.2. The highest BCUT2D eigenvalue weighted by Crippen LogP contribution is 2.59. The number of hydrogen-bond acceptors (Lipinski definition) is 5. The number of carbonyl (C=O) groups is 1. The maximum atomic E-state index is 12.7. The average Bonchev–Trinajstić information content (AvgIpc) is 3.38. The molecule has 3 atom stereocenters. The Morgan fingerprint density at radius 1 is 1.08 bits per heavy atom. The number of benzene rings is 3. The maximum Gasteiger partial charge on any atom is 0.407 e. The highest BCUT2D eigenvalue weighted by Gasteiger charge is 2.58. The Bertz CT molecular complexity index is 1460. The second kappa shape index (κ2) is 8.64. The number of carboxylic acid groups (broad SMARTS) is 1. The Morgan fingerprint density at radius 3 is 2.39 bits per heavy atom. The Morgan fingerprint density at radius 2 is 1.75 bits per heavy atom. The summed E-state index contributed by atoms with van der Waals surface area (Å²) in [5.74, 6) is -0.213. The molecular weight excluding hydrogens is 478 g/mol. The van der Waals surface area contributed by atoms with Crippen LogP contribution in [0.25, 0.3) is 11.1 Å². The summed E-state index contributed by atoms with van der Waals surface area (Å²) in [5, 5.41) is 10.3. The van der Waals surface area contributed by atoms with Crippen molar-refractivity contribution in [3.8, 4) is 16.9 Å². The number of ether oxygens (including phenoxy) is 1. The van der Waals surface area contributed by atoms with E-state index in [2.05, 4.69) is 24.3 Å². The minimum absolute atomic E-state index is 0.0154. The van der Waals surface area contributed by atoms with Crippen molar-refractivity contribution in [2.45, 2.75) is 37.3 Å². The summed E-state index contributed by atoms with van der Waals surface area (Å²) < 4.78 is 42.4. The number of hydrogen-bond donors (Lipinski definition) is 2. The minimum Gasteiger partial charge on any atom is -0.465 e. The molecule has 1 N–H and O–H groups in total. The zero-order valence-electron chi connectivity index (χ0n) is 20.8. The molecule has 1 unspecified atom stereocenters. The van der Waals surface area contributed by atoms with Crippen LogP contribution in [0.15, 0.2) is 66.7 Å². The second-order valence-corrected chi connectivity index (χ2v) is 10.4. The first-order chi connectivity index (χ1) is 17.7. The Kier molecular flexibility index (Phi) is 5.25. The summed E-state index contributed by atoms with van der Waals surface area (Å²) >= 11 is 0.